The summed E-state index contributed by atoms with van der Waals surface area (Å²) in [6.07, 6.45) is 1.56. The van der Waals surface area contributed by atoms with Crippen molar-refractivity contribution in [3.8, 4) is 0 Å². The molecule has 0 aliphatic heterocycles. The lowest BCUT2D eigenvalue weighted by Gasteiger charge is -2.08. The molecule has 23 heavy (non-hydrogen) atoms. The molecule has 2 heterocycles. The molecule has 2 aromatic heterocycles. The van der Waals surface area contributed by atoms with Gasteiger partial charge in [0.05, 0.1) is 28.6 Å². The smallest absolute Gasteiger partial charge is 0.279 e. The van der Waals surface area contributed by atoms with Gasteiger partial charge in [-0.15, -0.1) is 0 Å². The molecular weight excluding hydrogens is 312 g/mol. The zero-order chi connectivity index (χ0) is 15.9. The highest BCUT2D eigenvalue weighted by Gasteiger charge is 2.16. The molecule has 0 fully saturated rings. The first kappa shape index (κ1) is 13.7. The van der Waals surface area contributed by atoms with Gasteiger partial charge in [0.1, 0.15) is 0 Å². The number of nitrogens with zero attached hydrogens (tertiary/aromatic N) is 2. The summed E-state index contributed by atoms with van der Waals surface area (Å²) in [6.45, 7) is 0. The standard InChI is InChI=1S/C16H12N4O2S/c21-23(22,16-8-5-11-3-1-2-4-13(11)19-16)20-12-6-7-14-15(9-12)18-10-17-14/h1-10,20H,(H,17,18). The molecule has 7 heteroatoms. The number of fused-ring (bicyclic) bond motifs is 2. The number of hydrogen-bond acceptors (Lipinski definition) is 4. The Morgan fingerprint density at radius 2 is 1.83 bits per heavy atom. The van der Waals surface area contributed by atoms with Crippen LogP contribution in [0.5, 0.6) is 0 Å². The van der Waals surface area contributed by atoms with Crippen molar-refractivity contribution >= 4 is 37.6 Å². The fourth-order valence-corrected chi connectivity index (χ4v) is 3.41. The number of sulfonamides is 1. The Bertz CT molecular complexity index is 1120. The van der Waals surface area contributed by atoms with Crippen molar-refractivity contribution in [3.05, 3.63) is 60.9 Å². The highest BCUT2D eigenvalue weighted by atomic mass is 32.2. The number of H-pyrrole nitrogens is 1. The van der Waals surface area contributed by atoms with Gasteiger partial charge in [-0.05, 0) is 36.4 Å². The van der Waals surface area contributed by atoms with Gasteiger partial charge in [0.2, 0.25) is 0 Å². The molecule has 0 atom stereocenters. The van der Waals surface area contributed by atoms with E-state index in [1.165, 1.54) is 6.07 Å². The number of benzene rings is 2. The number of aromatic amines is 1. The van der Waals surface area contributed by atoms with Crippen molar-refractivity contribution in [2.24, 2.45) is 0 Å². The van der Waals surface area contributed by atoms with Gasteiger partial charge in [-0.3, -0.25) is 4.72 Å². The molecule has 0 saturated carbocycles. The van der Waals surface area contributed by atoms with E-state index >= 15 is 0 Å². The maximum atomic E-state index is 12.5. The van der Waals surface area contributed by atoms with E-state index in [2.05, 4.69) is 19.7 Å². The maximum Gasteiger partial charge on any atom is 0.279 e. The number of para-hydroxylation sites is 1. The molecule has 0 bridgehead atoms. The predicted octanol–water partition coefficient (Wildman–Crippen LogP) is 2.91. The van der Waals surface area contributed by atoms with E-state index in [9.17, 15) is 8.42 Å². The first-order valence-corrected chi connectivity index (χ1v) is 8.42. The third kappa shape index (κ3) is 2.51. The number of anilines is 1. The van der Waals surface area contributed by atoms with E-state index in [0.29, 0.717) is 11.2 Å². The Morgan fingerprint density at radius 3 is 2.74 bits per heavy atom. The first-order chi connectivity index (χ1) is 11.1. The van der Waals surface area contributed by atoms with E-state index in [0.717, 1.165) is 16.4 Å². The zero-order valence-electron chi connectivity index (χ0n) is 11.9. The molecule has 0 spiro atoms. The summed E-state index contributed by atoms with van der Waals surface area (Å²) in [5.74, 6) is 0. The van der Waals surface area contributed by atoms with Crippen LogP contribution in [0.1, 0.15) is 0 Å². The molecule has 2 aromatic carbocycles. The second kappa shape index (κ2) is 5.06. The SMILES string of the molecule is O=S(=O)(Nc1ccc2nc[nH]c2c1)c1ccc2ccccc2n1. The molecule has 4 rings (SSSR count). The summed E-state index contributed by atoms with van der Waals surface area (Å²) < 4.78 is 27.6. The van der Waals surface area contributed by atoms with E-state index in [1.807, 2.05) is 18.2 Å². The van der Waals surface area contributed by atoms with Crippen LogP contribution < -0.4 is 4.72 Å². The van der Waals surface area contributed by atoms with Gasteiger partial charge >= 0.3 is 0 Å². The molecule has 0 saturated heterocycles. The summed E-state index contributed by atoms with van der Waals surface area (Å²) in [4.78, 5) is 11.3. The summed E-state index contributed by atoms with van der Waals surface area (Å²) in [5.41, 5.74) is 2.63. The third-order valence-electron chi connectivity index (χ3n) is 3.52. The zero-order valence-corrected chi connectivity index (χ0v) is 12.7. The van der Waals surface area contributed by atoms with Gasteiger partial charge in [-0.2, -0.15) is 8.42 Å². The molecule has 0 aliphatic carbocycles. The summed E-state index contributed by atoms with van der Waals surface area (Å²) in [6, 6.07) is 15.7. The fourth-order valence-electron chi connectivity index (χ4n) is 2.40. The van der Waals surface area contributed by atoms with Crippen LogP contribution in [-0.2, 0) is 10.0 Å². The number of pyridine rings is 1. The molecule has 114 valence electrons. The highest BCUT2D eigenvalue weighted by Crippen LogP contribution is 2.20. The van der Waals surface area contributed by atoms with Crippen LogP contribution in [0.3, 0.4) is 0 Å². The third-order valence-corrected chi connectivity index (χ3v) is 4.80. The van der Waals surface area contributed by atoms with Gasteiger partial charge in [-0.25, -0.2) is 9.97 Å². The lowest BCUT2D eigenvalue weighted by molar-refractivity contribution is 0.598. The molecular formula is C16H12N4O2S. The van der Waals surface area contributed by atoms with Gasteiger partial charge in [0, 0.05) is 5.39 Å². The fraction of sp³-hybridized carbons (Fsp3) is 0. The van der Waals surface area contributed by atoms with Crippen LogP contribution in [-0.4, -0.2) is 23.4 Å². The molecule has 6 nitrogen and oxygen atoms in total. The molecule has 0 amide bonds. The van der Waals surface area contributed by atoms with Gasteiger partial charge < -0.3 is 4.98 Å². The number of hydrogen-bond donors (Lipinski definition) is 2. The van der Waals surface area contributed by atoms with E-state index in [4.69, 9.17) is 0 Å². The topological polar surface area (TPSA) is 87.7 Å². The first-order valence-electron chi connectivity index (χ1n) is 6.94. The van der Waals surface area contributed by atoms with Crippen molar-refractivity contribution in [1.29, 1.82) is 0 Å². The average molecular weight is 324 g/mol. The van der Waals surface area contributed by atoms with Crippen molar-refractivity contribution in [2.45, 2.75) is 5.03 Å². The minimum atomic E-state index is -3.75. The average Bonchev–Trinajstić information content (AvgIpc) is 3.01. The summed E-state index contributed by atoms with van der Waals surface area (Å²) >= 11 is 0. The second-order valence-electron chi connectivity index (χ2n) is 5.08. The maximum absolute atomic E-state index is 12.5. The number of rotatable bonds is 3. The van der Waals surface area contributed by atoms with E-state index < -0.39 is 10.0 Å². The van der Waals surface area contributed by atoms with Gasteiger partial charge in [0.25, 0.3) is 10.0 Å². The molecule has 4 aromatic rings. The molecule has 0 unspecified atom stereocenters. The normalized spacial score (nSPS) is 11.8. The summed E-state index contributed by atoms with van der Waals surface area (Å²) in [5, 5.41) is 0.881. The minimum absolute atomic E-state index is 0.0130. The largest absolute Gasteiger partial charge is 0.345 e. The van der Waals surface area contributed by atoms with Crippen molar-refractivity contribution in [1.82, 2.24) is 15.0 Å². The molecule has 0 radical (unpaired) electrons. The van der Waals surface area contributed by atoms with Crippen LogP contribution in [0.25, 0.3) is 21.9 Å². The Hall–Kier alpha value is -2.93. The van der Waals surface area contributed by atoms with Crippen molar-refractivity contribution in [3.63, 3.8) is 0 Å². The van der Waals surface area contributed by atoms with Crippen LogP contribution in [0.4, 0.5) is 5.69 Å². The van der Waals surface area contributed by atoms with Crippen molar-refractivity contribution < 1.29 is 8.42 Å². The Balaban J connectivity index is 1.73. The minimum Gasteiger partial charge on any atom is -0.345 e. The Labute approximate surface area is 132 Å². The number of nitrogens with one attached hydrogen (secondary N) is 2. The number of aromatic nitrogens is 3. The number of imidazole rings is 1. The van der Waals surface area contributed by atoms with Crippen LogP contribution in [0.15, 0.2) is 66.0 Å². The molecule has 2 N–H and O–H groups in total. The lowest BCUT2D eigenvalue weighted by Crippen LogP contribution is -2.14. The second-order valence-corrected chi connectivity index (χ2v) is 6.71. The van der Waals surface area contributed by atoms with Gasteiger partial charge in [0.15, 0.2) is 5.03 Å². The highest BCUT2D eigenvalue weighted by molar-refractivity contribution is 7.92. The van der Waals surface area contributed by atoms with Crippen molar-refractivity contribution in [2.75, 3.05) is 4.72 Å². The Morgan fingerprint density at radius 1 is 0.957 bits per heavy atom. The van der Waals surface area contributed by atoms with Gasteiger partial charge in [-0.1, -0.05) is 18.2 Å². The Kier molecular flexibility index (Phi) is 3.02. The summed E-state index contributed by atoms with van der Waals surface area (Å²) in [7, 11) is -3.75. The molecule has 0 aliphatic rings. The van der Waals surface area contributed by atoms with E-state index in [-0.39, 0.29) is 5.03 Å². The lowest BCUT2D eigenvalue weighted by atomic mass is 10.2. The van der Waals surface area contributed by atoms with E-state index in [1.54, 1.807) is 36.7 Å². The monoisotopic (exact) mass is 324 g/mol. The van der Waals surface area contributed by atoms with Crippen LogP contribution in [0, 0.1) is 0 Å². The quantitative estimate of drug-likeness (QED) is 0.606. The predicted molar refractivity (Wildman–Crippen MR) is 88.6 cm³/mol. The van der Waals surface area contributed by atoms with Crippen LogP contribution >= 0.6 is 0 Å². The van der Waals surface area contributed by atoms with Crippen LogP contribution in [0.2, 0.25) is 0 Å².